The summed E-state index contributed by atoms with van der Waals surface area (Å²) in [5.74, 6) is -0.132. The van der Waals surface area contributed by atoms with Gasteiger partial charge in [-0.3, -0.25) is 24.0 Å². The monoisotopic (exact) mass is 522 g/mol. The number of hydrogen-bond donors (Lipinski definition) is 2. The number of aromatic nitrogens is 7. The minimum atomic E-state index is -3.73. The van der Waals surface area contributed by atoms with Gasteiger partial charge in [-0.15, -0.1) is 0 Å². The van der Waals surface area contributed by atoms with Crippen LogP contribution in [0.15, 0.2) is 47.8 Å². The number of H-pyrrole nitrogens is 1. The van der Waals surface area contributed by atoms with Crippen molar-refractivity contribution in [1.29, 1.82) is 0 Å². The molecule has 0 saturated heterocycles. The minimum Gasteiger partial charge on any atom is -0.495 e. The van der Waals surface area contributed by atoms with Gasteiger partial charge in [-0.1, -0.05) is 0 Å². The summed E-state index contributed by atoms with van der Waals surface area (Å²) < 4.78 is 33.9. The van der Waals surface area contributed by atoms with Gasteiger partial charge in [0.2, 0.25) is 0 Å². The van der Waals surface area contributed by atoms with Crippen molar-refractivity contribution in [2.45, 2.75) is 37.0 Å². The predicted molar refractivity (Wildman–Crippen MR) is 136 cm³/mol. The first kappa shape index (κ1) is 24.4. The lowest BCUT2D eigenvalue weighted by molar-refractivity contribution is 0.0941. The second-order valence-corrected chi connectivity index (χ2v) is 12.2. The SMILES string of the molecule is COc1cc2ncc(-c3cc(C(=O)NCc4[nH]nc5cccnc45)n(C)n3)n2cc1S(=O)(=O)C(C)(C)C. The number of ether oxygens (including phenoxy) is 1. The number of sulfone groups is 1. The van der Waals surface area contributed by atoms with Gasteiger partial charge in [0.15, 0.2) is 9.84 Å². The predicted octanol–water partition coefficient (Wildman–Crippen LogP) is 2.52. The third-order valence-corrected chi connectivity index (χ3v) is 8.57. The number of amides is 1. The molecule has 5 aromatic heterocycles. The van der Waals surface area contributed by atoms with E-state index >= 15 is 0 Å². The lowest BCUT2D eigenvalue weighted by Gasteiger charge is -2.21. The number of aromatic amines is 1. The van der Waals surface area contributed by atoms with E-state index in [9.17, 15) is 13.2 Å². The fourth-order valence-corrected chi connectivity index (χ4v) is 5.27. The zero-order valence-corrected chi connectivity index (χ0v) is 21.8. The minimum absolute atomic E-state index is 0.0449. The van der Waals surface area contributed by atoms with Crippen LogP contribution in [0, 0.1) is 0 Å². The summed E-state index contributed by atoms with van der Waals surface area (Å²) in [7, 11) is -0.645. The van der Waals surface area contributed by atoms with Crippen LogP contribution in [0.1, 0.15) is 37.0 Å². The average Bonchev–Trinajstić information content (AvgIpc) is 3.57. The Morgan fingerprint density at radius 2 is 2.00 bits per heavy atom. The molecule has 1 amide bonds. The highest BCUT2D eigenvalue weighted by molar-refractivity contribution is 7.92. The molecule has 37 heavy (non-hydrogen) atoms. The standard InChI is InChI=1S/C24H26N8O4S/c1-24(2,3)37(34,35)20-13-32-18(12-26-21(32)10-19(20)36-5)15-9-17(31(4)30-15)23(33)27-11-16-22-14(28-29-16)7-6-8-25-22/h6-10,12-13H,11H2,1-5H3,(H,27,33)(H,28,29). The van der Waals surface area contributed by atoms with E-state index in [4.69, 9.17) is 4.74 Å². The number of fused-ring (bicyclic) bond motifs is 2. The lowest BCUT2D eigenvalue weighted by Crippen LogP contribution is -2.28. The van der Waals surface area contributed by atoms with E-state index in [0.29, 0.717) is 39.5 Å². The fraction of sp³-hybridized carbons (Fsp3) is 0.292. The molecule has 192 valence electrons. The molecule has 0 saturated carbocycles. The van der Waals surface area contributed by atoms with Crippen molar-refractivity contribution in [3.8, 4) is 17.1 Å². The molecule has 0 bridgehead atoms. The van der Waals surface area contributed by atoms with Crippen LogP contribution in [0.2, 0.25) is 0 Å². The first-order chi connectivity index (χ1) is 17.5. The molecule has 5 aromatic rings. The summed E-state index contributed by atoms with van der Waals surface area (Å²) in [5.41, 5.74) is 3.88. The highest BCUT2D eigenvalue weighted by Crippen LogP contribution is 2.34. The number of carbonyl (C=O) groups is 1. The average molecular weight is 523 g/mol. The Bertz CT molecular complexity index is 1760. The van der Waals surface area contributed by atoms with Gasteiger partial charge in [0.05, 0.1) is 36.0 Å². The van der Waals surface area contributed by atoms with Crippen molar-refractivity contribution in [3.63, 3.8) is 0 Å². The summed E-state index contributed by atoms with van der Waals surface area (Å²) in [6.07, 6.45) is 4.73. The molecule has 0 unspecified atom stereocenters. The molecule has 0 fully saturated rings. The number of pyridine rings is 2. The molecule has 13 heteroatoms. The summed E-state index contributed by atoms with van der Waals surface area (Å²) >= 11 is 0. The van der Waals surface area contributed by atoms with Gasteiger partial charge in [0.1, 0.15) is 38.7 Å². The molecule has 0 aromatic carbocycles. The molecular weight excluding hydrogens is 496 g/mol. The second kappa shape index (κ2) is 8.69. The van der Waals surface area contributed by atoms with Crippen molar-refractivity contribution < 1.29 is 17.9 Å². The van der Waals surface area contributed by atoms with Crippen LogP contribution < -0.4 is 10.1 Å². The number of nitrogens with zero attached hydrogens (tertiary/aromatic N) is 6. The zero-order chi connectivity index (χ0) is 26.5. The Morgan fingerprint density at radius 1 is 1.22 bits per heavy atom. The Balaban J connectivity index is 1.48. The lowest BCUT2D eigenvalue weighted by atomic mass is 10.2. The number of methoxy groups -OCH3 is 1. The molecule has 0 aliphatic carbocycles. The third-order valence-electron chi connectivity index (χ3n) is 6.07. The van der Waals surface area contributed by atoms with Gasteiger partial charge < -0.3 is 10.1 Å². The maximum atomic E-state index is 13.2. The number of rotatable bonds is 6. The van der Waals surface area contributed by atoms with Crippen molar-refractivity contribution in [2.24, 2.45) is 7.05 Å². The number of nitrogens with one attached hydrogen (secondary N) is 2. The Morgan fingerprint density at radius 3 is 2.73 bits per heavy atom. The van der Waals surface area contributed by atoms with Crippen LogP contribution in [-0.4, -0.2) is 60.5 Å². The fourth-order valence-electron chi connectivity index (χ4n) is 3.96. The van der Waals surface area contributed by atoms with Crippen LogP contribution in [0.3, 0.4) is 0 Å². The molecule has 2 N–H and O–H groups in total. The van der Waals surface area contributed by atoms with Gasteiger partial charge in [-0.2, -0.15) is 10.2 Å². The smallest absolute Gasteiger partial charge is 0.269 e. The topological polar surface area (TPSA) is 149 Å². The molecule has 0 radical (unpaired) electrons. The Hall–Kier alpha value is -4.26. The first-order valence-corrected chi connectivity index (χ1v) is 12.9. The second-order valence-electron chi connectivity index (χ2n) is 9.49. The number of imidazole rings is 1. The quantitative estimate of drug-likeness (QED) is 0.345. The normalized spacial score (nSPS) is 12.4. The van der Waals surface area contributed by atoms with Crippen LogP contribution in [0.25, 0.3) is 28.1 Å². The maximum Gasteiger partial charge on any atom is 0.269 e. The van der Waals surface area contributed by atoms with Crippen molar-refractivity contribution in [2.75, 3.05) is 7.11 Å². The summed E-state index contributed by atoms with van der Waals surface area (Å²) in [4.78, 5) is 21.7. The molecular formula is C24H26N8O4S. The largest absolute Gasteiger partial charge is 0.495 e. The van der Waals surface area contributed by atoms with Crippen molar-refractivity contribution in [3.05, 3.63) is 54.2 Å². The molecule has 0 aliphatic heterocycles. The van der Waals surface area contributed by atoms with Gasteiger partial charge in [0, 0.05) is 25.5 Å². The van der Waals surface area contributed by atoms with E-state index in [1.54, 1.807) is 62.8 Å². The molecule has 5 heterocycles. The maximum absolute atomic E-state index is 13.2. The molecule has 5 rings (SSSR count). The van der Waals surface area contributed by atoms with Gasteiger partial charge >= 0.3 is 0 Å². The van der Waals surface area contributed by atoms with Crippen LogP contribution in [-0.2, 0) is 23.4 Å². The number of carbonyl (C=O) groups excluding carboxylic acids is 1. The van der Waals surface area contributed by atoms with E-state index in [-0.39, 0.29) is 23.1 Å². The number of aryl methyl sites for hydroxylation is 1. The van der Waals surface area contributed by atoms with Crippen LogP contribution in [0.4, 0.5) is 0 Å². The van der Waals surface area contributed by atoms with Crippen molar-refractivity contribution >= 4 is 32.4 Å². The highest BCUT2D eigenvalue weighted by Gasteiger charge is 2.34. The van der Waals surface area contributed by atoms with Gasteiger partial charge in [0.25, 0.3) is 5.91 Å². The molecule has 12 nitrogen and oxygen atoms in total. The summed E-state index contributed by atoms with van der Waals surface area (Å²) in [6, 6.07) is 6.83. The van der Waals surface area contributed by atoms with Gasteiger partial charge in [-0.25, -0.2) is 13.4 Å². The zero-order valence-electron chi connectivity index (χ0n) is 21.0. The highest BCUT2D eigenvalue weighted by atomic mass is 32.2. The molecule has 0 aliphatic rings. The Kier molecular flexibility index (Phi) is 5.74. The third kappa shape index (κ3) is 4.10. The van der Waals surface area contributed by atoms with E-state index in [0.717, 1.165) is 0 Å². The van der Waals surface area contributed by atoms with Crippen molar-refractivity contribution in [1.82, 2.24) is 39.7 Å². The van der Waals surface area contributed by atoms with Crippen LogP contribution >= 0.6 is 0 Å². The van der Waals surface area contributed by atoms with E-state index in [2.05, 4.69) is 30.6 Å². The van der Waals surface area contributed by atoms with Crippen LogP contribution in [0.5, 0.6) is 5.75 Å². The Labute approximate surface area is 212 Å². The summed E-state index contributed by atoms with van der Waals surface area (Å²) in [6.45, 7) is 5.10. The molecule has 0 spiro atoms. The molecule has 0 atom stereocenters. The van der Waals surface area contributed by atoms with E-state index in [1.807, 2.05) is 6.07 Å². The first-order valence-electron chi connectivity index (χ1n) is 11.4. The summed E-state index contributed by atoms with van der Waals surface area (Å²) in [5, 5.41) is 14.4. The van der Waals surface area contributed by atoms with E-state index in [1.165, 1.54) is 18.0 Å². The van der Waals surface area contributed by atoms with E-state index < -0.39 is 14.6 Å². The van der Waals surface area contributed by atoms with Gasteiger partial charge in [-0.05, 0) is 39.0 Å². The number of hydrogen-bond acceptors (Lipinski definition) is 8.